The van der Waals surface area contributed by atoms with E-state index in [1.807, 2.05) is 0 Å². The van der Waals surface area contributed by atoms with Gasteiger partial charge in [-0.15, -0.1) is 0 Å². The van der Waals surface area contributed by atoms with Crippen molar-refractivity contribution in [2.45, 2.75) is 12.3 Å². The Morgan fingerprint density at radius 3 is 2.27 bits per heavy atom. The van der Waals surface area contributed by atoms with Gasteiger partial charge in [-0.2, -0.15) is 13.2 Å². The molecule has 0 radical (unpaired) electrons. The molecule has 0 aliphatic rings. The van der Waals surface area contributed by atoms with Crippen molar-refractivity contribution >= 4 is 0 Å². The highest BCUT2D eigenvalue weighted by Crippen LogP contribution is 2.15. The first kappa shape index (κ1) is 10.7. The zero-order chi connectivity index (χ0) is 8.91. The third-order valence-corrected chi connectivity index (χ3v) is 0.949. The van der Waals surface area contributed by atoms with Gasteiger partial charge in [0.05, 0.1) is 12.7 Å². The van der Waals surface area contributed by atoms with Crippen LogP contribution in [0, 0.1) is 0 Å². The Hall–Kier alpha value is -0.330. The van der Waals surface area contributed by atoms with Crippen molar-refractivity contribution in [1.82, 2.24) is 0 Å². The zero-order valence-corrected chi connectivity index (χ0v) is 5.77. The van der Waals surface area contributed by atoms with Crippen molar-refractivity contribution < 1.29 is 23.0 Å². The number of ether oxygens (including phenoxy) is 1. The van der Waals surface area contributed by atoms with E-state index in [-0.39, 0.29) is 6.54 Å². The molecule has 0 bridgehead atoms. The van der Waals surface area contributed by atoms with Crippen molar-refractivity contribution in [2.24, 2.45) is 5.73 Å². The topological polar surface area (TPSA) is 55.5 Å². The van der Waals surface area contributed by atoms with E-state index in [9.17, 15) is 13.2 Å². The smallest absolute Gasteiger partial charge is 0.394 e. The molecule has 0 amide bonds. The lowest BCUT2D eigenvalue weighted by Crippen LogP contribution is -2.31. The van der Waals surface area contributed by atoms with Gasteiger partial charge in [0.2, 0.25) is 0 Å². The predicted octanol–water partition coefficient (Wildman–Crippen LogP) is -0.115. The van der Waals surface area contributed by atoms with Crippen LogP contribution in [0.3, 0.4) is 0 Å². The molecule has 0 saturated carbocycles. The maximum Gasteiger partial charge on any atom is 0.411 e. The summed E-state index contributed by atoms with van der Waals surface area (Å²) in [5.41, 5.74) is 4.96. The predicted molar refractivity (Wildman–Crippen MR) is 31.9 cm³/mol. The molecule has 0 aromatic heterocycles. The quantitative estimate of drug-likeness (QED) is 0.623. The molecule has 0 aromatic carbocycles. The fraction of sp³-hybridized carbons (Fsp3) is 1.00. The number of rotatable bonds is 4. The number of nitrogens with two attached hydrogens (primary N) is 1. The fourth-order valence-corrected chi connectivity index (χ4v) is 0.408. The second-order valence-corrected chi connectivity index (χ2v) is 1.97. The van der Waals surface area contributed by atoms with Crippen molar-refractivity contribution in [1.29, 1.82) is 0 Å². The maximum atomic E-state index is 11.4. The number of aliphatic hydroxyl groups excluding tert-OH is 1. The van der Waals surface area contributed by atoms with Gasteiger partial charge in [0.1, 0.15) is 6.61 Å². The molecule has 0 spiro atoms. The van der Waals surface area contributed by atoms with Gasteiger partial charge >= 0.3 is 6.18 Å². The molecular weight excluding hydrogens is 163 g/mol. The molecule has 3 N–H and O–H groups in total. The van der Waals surface area contributed by atoms with Gasteiger partial charge in [-0.25, -0.2) is 0 Å². The van der Waals surface area contributed by atoms with Crippen molar-refractivity contribution in [2.75, 3.05) is 19.8 Å². The Balaban J connectivity index is 3.51. The summed E-state index contributed by atoms with van der Waals surface area (Å²) in [6.07, 6.45) is -5.28. The molecule has 0 aliphatic heterocycles. The standard InChI is InChI=1S/C5H10F3NO2/c6-5(7,8)3-11-4(1-9)2-10/h4,10H,1-3,9H2. The lowest BCUT2D eigenvalue weighted by atomic mass is 10.4. The molecule has 0 saturated heterocycles. The van der Waals surface area contributed by atoms with Crippen LogP contribution in [0.1, 0.15) is 0 Å². The first-order chi connectivity index (χ1) is 4.99. The third-order valence-electron chi connectivity index (χ3n) is 0.949. The molecule has 1 atom stereocenters. The van der Waals surface area contributed by atoms with Crippen LogP contribution in [-0.2, 0) is 4.74 Å². The van der Waals surface area contributed by atoms with Crippen molar-refractivity contribution in [3.63, 3.8) is 0 Å². The highest BCUT2D eigenvalue weighted by atomic mass is 19.4. The number of hydrogen-bond acceptors (Lipinski definition) is 3. The molecule has 3 nitrogen and oxygen atoms in total. The molecule has 68 valence electrons. The minimum atomic E-state index is -4.36. The molecule has 0 aromatic rings. The molecule has 0 rings (SSSR count). The Bertz CT molecular complexity index is 102. The van der Waals surface area contributed by atoms with Crippen LogP contribution in [0.5, 0.6) is 0 Å². The van der Waals surface area contributed by atoms with Gasteiger partial charge in [0, 0.05) is 6.54 Å². The van der Waals surface area contributed by atoms with E-state index in [1.54, 1.807) is 0 Å². The zero-order valence-electron chi connectivity index (χ0n) is 5.77. The highest BCUT2D eigenvalue weighted by molar-refractivity contribution is 4.57. The largest absolute Gasteiger partial charge is 0.411 e. The van der Waals surface area contributed by atoms with E-state index in [0.717, 1.165) is 0 Å². The van der Waals surface area contributed by atoms with Gasteiger partial charge in [0.15, 0.2) is 0 Å². The normalized spacial score (nSPS) is 15.0. The third kappa shape index (κ3) is 6.08. The molecule has 1 unspecified atom stereocenters. The Morgan fingerprint density at radius 2 is 2.00 bits per heavy atom. The molecule has 11 heavy (non-hydrogen) atoms. The number of halogens is 3. The average molecular weight is 173 g/mol. The molecule has 0 aliphatic carbocycles. The van der Waals surface area contributed by atoms with Gasteiger partial charge in [-0.3, -0.25) is 0 Å². The molecule has 0 fully saturated rings. The van der Waals surface area contributed by atoms with Crippen molar-refractivity contribution in [3.05, 3.63) is 0 Å². The summed E-state index contributed by atoms with van der Waals surface area (Å²) in [6.45, 7) is -1.98. The van der Waals surface area contributed by atoms with Gasteiger partial charge in [-0.1, -0.05) is 0 Å². The summed E-state index contributed by atoms with van der Waals surface area (Å²) < 4.78 is 38.5. The number of hydrogen-bond donors (Lipinski definition) is 2. The van der Waals surface area contributed by atoms with Crippen LogP contribution in [0.4, 0.5) is 13.2 Å². The lowest BCUT2D eigenvalue weighted by molar-refractivity contribution is -0.187. The van der Waals surface area contributed by atoms with Crippen LogP contribution in [0.2, 0.25) is 0 Å². The van der Waals surface area contributed by atoms with E-state index >= 15 is 0 Å². The maximum absolute atomic E-state index is 11.4. The summed E-state index contributed by atoms with van der Waals surface area (Å²) in [4.78, 5) is 0. The summed E-state index contributed by atoms with van der Waals surface area (Å²) in [6, 6.07) is 0. The van der Waals surface area contributed by atoms with E-state index in [0.29, 0.717) is 0 Å². The van der Waals surface area contributed by atoms with Gasteiger partial charge in [-0.05, 0) is 0 Å². The molecule has 0 heterocycles. The molecule has 6 heteroatoms. The Labute approximate surface area is 61.9 Å². The second kappa shape index (κ2) is 4.53. The van der Waals surface area contributed by atoms with Crippen LogP contribution >= 0.6 is 0 Å². The number of alkyl halides is 3. The number of aliphatic hydroxyl groups is 1. The van der Waals surface area contributed by atoms with Crippen LogP contribution in [0.15, 0.2) is 0 Å². The first-order valence-corrected chi connectivity index (χ1v) is 2.99. The Morgan fingerprint density at radius 1 is 1.45 bits per heavy atom. The fourth-order valence-electron chi connectivity index (χ4n) is 0.408. The van der Waals surface area contributed by atoms with Crippen molar-refractivity contribution in [3.8, 4) is 0 Å². The van der Waals surface area contributed by atoms with Gasteiger partial charge in [0.25, 0.3) is 0 Å². The van der Waals surface area contributed by atoms with Gasteiger partial charge < -0.3 is 15.6 Å². The van der Waals surface area contributed by atoms with E-state index in [4.69, 9.17) is 10.8 Å². The second-order valence-electron chi connectivity index (χ2n) is 1.97. The monoisotopic (exact) mass is 173 g/mol. The first-order valence-electron chi connectivity index (χ1n) is 2.99. The lowest BCUT2D eigenvalue weighted by Gasteiger charge is -2.14. The minimum Gasteiger partial charge on any atom is -0.394 e. The van der Waals surface area contributed by atoms with Crippen LogP contribution in [-0.4, -0.2) is 37.1 Å². The summed E-state index contributed by atoms with van der Waals surface area (Å²) in [7, 11) is 0. The minimum absolute atomic E-state index is 0.118. The molecular formula is C5H10F3NO2. The SMILES string of the molecule is NCC(CO)OCC(F)(F)F. The van der Waals surface area contributed by atoms with E-state index in [2.05, 4.69) is 4.74 Å². The van der Waals surface area contributed by atoms with E-state index in [1.165, 1.54) is 0 Å². The Kier molecular flexibility index (Phi) is 4.39. The van der Waals surface area contributed by atoms with E-state index < -0.39 is 25.5 Å². The highest BCUT2D eigenvalue weighted by Gasteiger charge is 2.28. The summed E-state index contributed by atoms with van der Waals surface area (Å²) >= 11 is 0. The summed E-state index contributed by atoms with van der Waals surface area (Å²) in [5, 5.41) is 8.35. The van der Waals surface area contributed by atoms with Crippen LogP contribution in [0.25, 0.3) is 0 Å². The average Bonchev–Trinajstić information content (AvgIpc) is 1.88. The van der Waals surface area contributed by atoms with Crippen LogP contribution < -0.4 is 5.73 Å². The summed E-state index contributed by atoms with van der Waals surface area (Å²) in [5.74, 6) is 0.